The first-order valence-electron chi connectivity index (χ1n) is 5.99. The summed E-state index contributed by atoms with van der Waals surface area (Å²) in [5, 5.41) is 11.6. The third-order valence-electron chi connectivity index (χ3n) is 2.22. The minimum Gasteiger partial charge on any atom is -0.490 e. The number of nitrogens with one attached hydrogen (secondary N) is 1. The largest absolute Gasteiger partial charge is 0.490 e. The standard InChI is InChI=1S/C13H15BrN2O3S/c1-2-18-11-6-9(7-15)5-10(14)13(11)19-8-12(17)16-3-4-20/h5-6,20H,2-4,8H2,1H3,(H,16,17). The Kier molecular flexibility index (Phi) is 7.26. The van der Waals surface area contributed by atoms with Crippen molar-refractivity contribution in [1.82, 2.24) is 5.32 Å². The lowest BCUT2D eigenvalue weighted by Gasteiger charge is -2.13. The van der Waals surface area contributed by atoms with Gasteiger partial charge in [-0.15, -0.1) is 0 Å². The lowest BCUT2D eigenvalue weighted by molar-refractivity contribution is -0.122. The zero-order valence-corrected chi connectivity index (χ0v) is 13.5. The van der Waals surface area contributed by atoms with Crippen LogP contribution in [0.1, 0.15) is 12.5 Å². The van der Waals surface area contributed by atoms with Crippen molar-refractivity contribution in [3.63, 3.8) is 0 Å². The molecule has 108 valence electrons. The van der Waals surface area contributed by atoms with Gasteiger partial charge in [0.15, 0.2) is 18.1 Å². The van der Waals surface area contributed by atoms with Crippen LogP contribution in [0.4, 0.5) is 0 Å². The molecule has 0 aliphatic carbocycles. The Bertz CT molecular complexity index is 517. The summed E-state index contributed by atoms with van der Waals surface area (Å²) in [6, 6.07) is 5.23. The number of benzene rings is 1. The first-order valence-corrected chi connectivity index (χ1v) is 7.41. The second-order valence-electron chi connectivity index (χ2n) is 3.69. The fourth-order valence-electron chi connectivity index (χ4n) is 1.42. The van der Waals surface area contributed by atoms with Crippen molar-refractivity contribution in [3.05, 3.63) is 22.2 Å². The molecular formula is C13H15BrN2O3S. The minimum absolute atomic E-state index is 0.127. The van der Waals surface area contributed by atoms with Gasteiger partial charge in [-0.1, -0.05) is 0 Å². The van der Waals surface area contributed by atoms with Crippen LogP contribution in [-0.4, -0.2) is 31.4 Å². The Morgan fingerprint density at radius 3 is 2.85 bits per heavy atom. The zero-order valence-electron chi connectivity index (χ0n) is 11.0. The average Bonchev–Trinajstić information content (AvgIpc) is 2.44. The molecule has 0 fully saturated rings. The molecule has 0 aliphatic rings. The van der Waals surface area contributed by atoms with Crippen LogP contribution < -0.4 is 14.8 Å². The van der Waals surface area contributed by atoms with E-state index in [2.05, 4.69) is 33.9 Å². The summed E-state index contributed by atoms with van der Waals surface area (Å²) in [4.78, 5) is 11.5. The van der Waals surface area contributed by atoms with Gasteiger partial charge in [-0.05, 0) is 28.9 Å². The molecule has 1 N–H and O–H groups in total. The third-order valence-corrected chi connectivity index (χ3v) is 3.03. The number of amides is 1. The Hall–Kier alpha value is -1.39. The van der Waals surface area contributed by atoms with Gasteiger partial charge >= 0.3 is 0 Å². The predicted octanol–water partition coefficient (Wildman–Crippen LogP) is 2.14. The molecule has 7 heteroatoms. The maximum atomic E-state index is 11.5. The van der Waals surface area contributed by atoms with E-state index in [0.717, 1.165) is 0 Å². The minimum atomic E-state index is -0.238. The highest BCUT2D eigenvalue weighted by Crippen LogP contribution is 2.36. The van der Waals surface area contributed by atoms with Gasteiger partial charge in [0.25, 0.3) is 5.91 Å². The number of hydrogen-bond donors (Lipinski definition) is 2. The summed E-state index contributed by atoms with van der Waals surface area (Å²) in [6.45, 7) is 2.62. The van der Waals surface area contributed by atoms with Crippen LogP contribution in [0.15, 0.2) is 16.6 Å². The molecule has 1 rings (SSSR count). The topological polar surface area (TPSA) is 71.3 Å². The average molecular weight is 359 g/mol. The lowest BCUT2D eigenvalue weighted by Crippen LogP contribution is -2.30. The molecule has 0 aromatic heterocycles. The van der Waals surface area contributed by atoms with Gasteiger partial charge in [0.1, 0.15) is 0 Å². The number of ether oxygens (including phenoxy) is 2. The van der Waals surface area contributed by atoms with Crippen molar-refractivity contribution in [2.75, 3.05) is 25.5 Å². The molecule has 1 aromatic carbocycles. The van der Waals surface area contributed by atoms with Gasteiger partial charge in [-0.25, -0.2) is 0 Å². The highest BCUT2D eigenvalue weighted by Gasteiger charge is 2.13. The Labute approximate surface area is 131 Å². The normalized spacial score (nSPS) is 9.70. The van der Waals surface area contributed by atoms with Gasteiger partial charge in [-0.3, -0.25) is 4.79 Å². The molecule has 0 saturated carbocycles. The molecule has 0 saturated heterocycles. The van der Waals surface area contributed by atoms with Gasteiger partial charge in [0.2, 0.25) is 0 Å². The molecule has 0 atom stereocenters. The van der Waals surface area contributed by atoms with Crippen molar-refractivity contribution in [2.45, 2.75) is 6.92 Å². The number of hydrogen-bond acceptors (Lipinski definition) is 5. The highest BCUT2D eigenvalue weighted by atomic mass is 79.9. The van der Waals surface area contributed by atoms with Crippen LogP contribution in [0.25, 0.3) is 0 Å². The van der Waals surface area contributed by atoms with E-state index in [1.165, 1.54) is 0 Å². The molecule has 0 heterocycles. The predicted molar refractivity (Wildman–Crippen MR) is 82.4 cm³/mol. The first kappa shape index (κ1) is 16.7. The number of nitriles is 1. The van der Waals surface area contributed by atoms with E-state index in [9.17, 15) is 4.79 Å². The van der Waals surface area contributed by atoms with Crippen molar-refractivity contribution < 1.29 is 14.3 Å². The van der Waals surface area contributed by atoms with E-state index in [1.807, 2.05) is 13.0 Å². The molecule has 0 unspecified atom stereocenters. The SMILES string of the molecule is CCOc1cc(C#N)cc(Br)c1OCC(=O)NCCS. The van der Waals surface area contributed by atoms with Gasteiger partial charge in [0, 0.05) is 18.4 Å². The van der Waals surface area contributed by atoms with Gasteiger partial charge < -0.3 is 14.8 Å². The molecule has 0 spiro atoms. The fourth-order valence-corrected chi connectivity index (χ4v) is 2.09. The summed E-state index contributed by atoms with van der Waals surface area (Å²) in [5.74, 6) is 1.17. The maximum absolute atomic E-state index is 11.5. The number of halogens is 1. The van der Waals surface area contributed by atoms with E-state index in [4.69, 9.17) is 14.7 Å². The molecule has 1 amide bonds. The molecular weight excluding hydrogens is 344 g/mol. The third kappa shape index (κ3) is 4.94. The Balaban J connectivity index is 2.82. The van der Waals surface area contributed by atoms with Crippen molar-refractivity contribution in [2.24, 2.45) is 0 Å². The molecule has 0 aliphatic heterocycles. The van der Waals surface area contributed by atoms with Crippen LogP contribution in [0, 0.1) is 11.3 Å². The number of carbonyl (C=O) groups is 1. The molecule has 5 nitrogen and oxygen atoms in total. The summed E-state index contributed by atoms with van der Waals surface area (Å²) in [5.41, 5.74) is 0.451. The van der Waals surface area contributed by atoms with Crippen molar-refractivity contribution in [3.8, 4) is 17.6 Å². The van der Waals surface area contributed by atoms with Crippen LogP contribution in [0.2, 0.25) is 0 Å². The summed E-state index contributed by atoms with van der Waals surface area (Å²) < 4.78 is 11.5. The van der Waals surface area contributed by atoms with E-state index in [-0.39, 0.29) is 12.5 Å². The van der Waals surface area contributed by atoms with Crippen LogP contribution in [-0.2, 0) is 4.79 Å². The number of rotatable bonds is 7. The molecule has 20 heavy (non-hydrogen) atoms. The van der Waals surface area contributed by atoms with E-state index < -0.39 is 0 Å². The number of carbonyl (C=O) groups excluding carboxylic acids is 1. The highest BCUT2D eigenvalue weighted by molar-refractivity contribution is 9.10. The summed E-state index contributed by atoms with van der Waals surface area (Å²) in [7, 11) is 0. The van der Waals surface area contributed by atoms with Crippen LogP contribution >= 0.6 is 28.6 Å². The molecule has 0 bridgehead atoms. The van der Waals surface area contributed by atoms with Gasteiger partial charge in [0.05, 0.1) is 22.7 Å². The molecule has 0 radical (unpaired) electrons. The lowest BCUT2D eigenvalue weighted by atomic mass is 10.2. The van der Waals surface area contributed by atoms with E-state index in [0.29, 0.717) is 40.4 Å². The first-order chi connectivity index (χ1) is 9.62. The summed E-state index contributed by atoms with van der Waals surface area (Å²) in [6.07, 6.45) is 0. The smallest absolute Gasteiger partial charge is 0.257 e. The second-order valence-corrected chi connectivity index (χ2v) is 4.99. The van der Waals surface area contributed by atoms with Crippen LogP contribution in [0.5, 0.6) is 11.5 Å². The number of thiol groups is 1. The van der Waals surface area contributed by atoms with E-state index in [1.54, 1.807) is 12.1 Å². The maximum Gasteiger partial charge on any atom is 0.257 e. The Morgan fingerprint density at radius 2 is 2.25 bits per heavy atom. The van der Waals surface area contributed by atoms with E-state index >= 15 is 0 Å². The summed E-state index contributed by atoms with van der Waals surface area (Å²) >= 11 is 7.31. The number of nitrogens with zero attached hydrogens (tertiary/aromatic N) is 1. The van der Waals surface area contributed by atoms with Crippen molar-refractivity contribution >= 4 is 34.5 Å². The zero-order chi connectivity index (χ0) is 15.0. The second kappa shape index (κ2) is 8.72. The fraction of sp³-hybridized carbons (Fsp3) is 0.385. The monoisotopic (exact) mass is 358 g/mol. The molecule has 1 aromatic rings. The van der Waals surface area contributed by atoms with Gasteiger partial charge in [-0.2, -0.15) is 17.9 Å². The van der Waals surface area contributed by atoms with Crippen LogP contribution in [0.3, 0.4) is 0 Å². The Morgan fingerprint density at radius 1 is 1.50 bits per heavy atom. The quantitative estimate of drug-likeness (QED) is 0.732. The van der Waals surface area contributed by atoms with Crippen molar-refractivity contribution in [1.29, 1.82) is 5.26 Å².